The van der Waals surface area contributed by atoms with Crippen LogP contribution in [0.25, 0.3) is 0 Å². The highest BCUT2D eigenvalue weighted by molar-refractivity contribution is 8.13. The van der Waals surface area contributed by atoms with Gasteiger partial charge in [0.2, 0.25) is 0 Å². The van der Waals surface area contributed by atoms with Crippen molar-refractivity contribution < 1.29 is 4.79 Å². The maximum absolute atomic E-state index is 12.6. The standard InChI is InChI=1S/C18H18N4OS/c1-12-8-9-15(13(2)10-12)21-17(23)14-6-4-5-7-16(14)22-18(24-3)20-11-19/h4-10H,1-3H3,(H,20,22)(H,21,23). The third kappa shape index (κ3) is 4.37. The quantitative estimate of drug-likeness (QED) is 0.384. The molecule has 1 amide bonds. The first-order chi connectivity index (χ1) is 11.5. The number of nitrogens with one attached hydrogen (secondary N) is 2. The molecule has 0 saturated heterocycles. The number of rotatable bonds is 3. The van der Waals surface area contributed by atoms with E-state index in [1.54, 1.807) is 24.3 Å². The molecule has 0 saturated carbocycles. The molecule has 5 nitrogen and oxygen atoms in total. The summed E-state index contributed by atoms with van der Waals surface area (Å²) in [5.41, 5.74) is 3.86. The van der Waals surface area contributed by atoms with Crippen molar-refractivity contribution in [3.05, 3.63) is 59.2 Å². The number of amides is 1. The molecule has 0 radical (unpaired) electrons. The molecule has 0 aliphatic heterocycles. The van der Waals surface area contributed by atoms with Crippen molar-refractivity contribution >= 4 is 34.2 Å². The summed E-state index contributed by atoms with van der Waals surface area (Å²) in [7, 11) is 0. The highest BCUT2D eigenvalue weighted by Crippen LogP contribution is 2.23. The summed E-state index contributed by atoms with van der Waals surface area (Å²) >= 11 is 1.30. The summed E-state index contributed by atoms with van der Waals surface area (Å²) in [6, 6.07) is 12.9. The molecule has 122 valence electrons. The van der Waals surface area contributed by atoms with E-state index in [9.17, 15) is 4.79 Å². The van der Waals surface area contributed by atoms with Crippen LogP contribution in [-0.4, -0.2) is 17.3 Å². The van der Waals surface area contributed by atoms with Crippen LogP contribution in [0.5, 0.6) is 0 Å². The van der Waals surface area contributed by atoms with E-state index < -0.39 is 0 Å². The summed E-state index contributed by atoms with van der Waals surface area (Å²) in [5, 5.41) is 14.6. The van der Waals surface area contributed by atoms with Crippen molar-refractivity contribution in [2.75, 3.05) is 11.6 Å². The van der Waals surface area contributed by atoms with Crippen molar-refractivity contribution in [3.63, 3.8) is 0 Å². The molecule has 0 aromatic heterocycles. The lowest BCUT2D eigenvalue weighted by molar-refractivity contribution is 0.102. The maximum atomic E-state index is 12.6. The third-order valence-corrected chi connectivity index (χ3v) is 3.94. The second-order valence-electron chi connectivity index (χ2n) is 5.15. The predicted octanol–water partition coefficient (Wildman–Crippen LogP) is 3.98. The minimum atomic E-state index is -0.237. The molecule has 0 aliphatic carbocycles. The average molecular weight is 338 g/mol. The average Bonchev–Trinajstić information content (AvgIpc) is 2.57. The van der Waals surface area contributed by atoms with Gasteiger partial charge in [0.05, 0.1) is 11.3 Å². The number of thioether (sulfide) groups is 1. The van der Waals surface area contributed by atoms with E-state index in [0.717, 1.165) is 16.8 Å². The van der Waals surface area contributed by atoms with Crippen LogP contribution >= 0.6 is 11.8 Å². The number of carbonyl (C=O) groups excluding carboxylic acids is 1. The number of nitrogens with zero attached hydrogens (tertiary/aromatic N) is 2. The number of amidine groups is 1. The first kappa shape index (κ1) is 17.6. The van der Waals surface area contributed by atoms with Gasteiger partial charge in [-0.25, -0.2) is 4.99 Å². The lowest BCUT2D eigenvalue weighted by atomic mass is 10.1. The van der Waals surface area contributed by atoms with Gasteiger partial charge in [-0.1, -0.05) is 41.6 Å². The Morgan fingerprint density at radius 3 is 2.62 bits per heavy atom. The van der Waals surface area contributed by atoms with Crippen LogP contribution in [0.3, 0.4) is 0 Å². The highest BCUT2D eigenvalue weighted by atomic mass is 32.2. The van der Waals surface area contributed by atoms with Gasteiger partial charge >= 0.3 is 0 Å². The molecule has 0 unspecified atom stereocenters. The lowest BCUT2D eigenvalue weighted by Crippen LogP contribution is -2.15. The lowest BCUT2D eigenvalue weighted by Gasteiger charge is -2.11. The number of para-hydroxylation sites is 1. The normalized spacial score (nSPS) is 10.8. The first-order valence-electron chi connectivity index (χ1n) is 7.30. The van der Waals surface area contributed by atoms with Crippen LogP contribution < -0.4 is 10.6 Å². The molecule has 2 N–H and O–H groups in total. The van der Waals surface area contributed by atoms with Crippen molar-refractivity contribution in [2.24, 2.45) is 4.99 Å². The minimum absolute atomic E-state index is 0.237. The van der Waals surface area contributed by atoms with Crippen LogP contribution in [0.4, 0.5) is 11.4 Å². The van der Waals surface area contributed by atoms with Crippen molar-refractivity contribution in [2.45, 2.75) is 13.8 Å². The van der Waals surface area contributed by atoms with E-state index in [1.807, 2.05) is 44.5 Å². The highest BCUT2D eigenvalue weighted by Gasteiger charge is 2.12. The van der Waals surface area contributed by atoms with E-state index in [1.165, 1.54) is 11.8 Å². The molecule has 0 atom stereocenters. The Balaban J connectivity index is 2.32. The molecule has 24 heavy (non-hydrogen) atoms. The van der Waals surface area contributed by atoms with Crippen molar-refractivity contribution in [1.29, 1.82) is 5.26 Å². The summed E-state index contributed by atoms with van der Waals surface area (Å²) in [5.74, 6) is -0.237. The van der Waals surface area contributed by atoms with Crippen LogP contribution in [0.15, 0.2) is 47.5 Å². The molecule has 2 aromatic rings. The maximum Gasteiger partial charge on any atom is 0.257 e. The summed E-state index contributed by atoms with van der Waals surface area (Å²) in [6.45, 7) is 3.96. The topological polar surface area (TPSA) is 77.3 Å². The number of carbonyl (C=O) groups is 1. The zero-order valence-corrected chi connectivity index (χ0v) is 14.6. The Kier molecular flexibility index (Phi) is 5.99. The van der Waals surface area contributed by atoms with Gasteiger partial charge in [-0.05, 0) is 43.9 Å². The molecular weight excluding hydrogens is 320 g/mol. The fourth-order valence-electron chi connectivity index (χ4n) is 2.19. The predicted molar refractivity (Wildman–Crippen MR) is 99.7 cm³/mol. The molecule has 0 fully saturated rings. The van der Waals surface area contributed by atoms with E-state index >= 15 is 0 Å². The second-order valence-corrected chi connectivity index (χ2v) is 5.94. The van der Waals surface area contributed by atoms with Gasteiger partial charge < -0.3 is 5.32 Å². The summed E-state index contributed by atoms with van der Waals surface area (Å²) < 4.78 is 0. The van der Waals surface area contributed by atoms with Crippen molar-refractivity contribution in [3.8, 4) is 6.19 Å². The number of nitriles is 1. The molecule has 0 heterocycles. The number of hydrogen-bond acceptors (Lipinski definition) is 4. The Hall–Kier alpha value is -2.78. The smallest absolute Gasteiger partial charge is 0.257 e. The Morgan fingerprint density at radius 1 is 1.21 bits per heavy atom. The van der Waals surface area contributed by atoms with Crippen LogP contribution in [0.1, 0.15) is 21.5 Å². The Bertz CT molecular complexity index is 824. The summed E-state index contributed by atoms with van der Waals surface area (Å²) in [6.07, 6.45) is 3.65. The van der Waals surface area contributed by atoms with Gasteiger partial charge in [-0.15, -0.1) is 0 Å². The molecule has 0 spiro atoms. The summed E-state index contributed by atoms with van der Waals surface area (Å²) in [4.78, 5) is 17.0. The van der Waals surface area contributed by atoms with E-state index in [0.29, 0.717) is 16.4 Å². The number of anilines is 1. The number of aryl methyl sites for hydroxylation is 2. The van der Waals surface area contributed by atoms with Gasteiger partial charge in [0, 0.05) is 5.69 Å². The number of aliphatic imine (C=N–C) groups is 1. The zero-order valence-electron chi connectivity index (χ0n) is 13.8. The molecule has 2 rings (SSSR count). The second kappa shape index (κ2) is 8.18. The Morgan fingerprint density at radius 2 is 1.96 bits per heavy atom. The molecule has 0 aliphatic rings. The molecule has 0 bridgehead atoms. The molecular formula is C18H18N4OS. The minimum Gasteiger partial charge on any atom is -0.322 e. The zero-order chi connectivity index (χ0) is 17.5. The fourth-order valence-corrected chi connectivity index (χ4v) is 2.53. The van der Waals surface area contributed by atoms with Gasteiger partial charge in [-0.3, -0.25) is 10.1 Å². The Labute approximate surface area is 145 Å². The number of hydrogen-bond donors (Lipinski definition) is 2. The number of benzene rings is 2. The van der Waals surface area contributed by atoms with Gasteiger partial charge in [0.1, 0.15) is 0 Å². The van der Waals surface area contributed by atoms with Crippen molar-refractivity contribution in [1.82, 2.24) is 5.32 Å². The molecule has 2 aromatic carbocycles. The van der Waals surface area contributed by atoms with Gasteiger partial charge in [-0.2, -0.15) is 5.26 Å². The van der Waals surface area contributed by atoms with Gasteiger partial charge in [0.25, 0.3) is 5.91 Å². The van der Waals surface area contributed by atoms with Gasteiger partial charge in [0.15, 0.2) is 11.4 Å². The fraction of sp³-hybridized carbons (Fsp3) is 0.167. The SMILES string of the molecule is CSC(=Nc1ccccc1C(=O)Nc1ccc(C)cc1C)NC#N. The van der Waals surface area contributed by atoms with E-state index in [-0.39, 0.29) is 5.91 Å². The first-order valence-corrected chi connectivity index (χ1v) is 8.53. The molecule has 6 heteroatoms. The largest absolute Gasteiger partial charge is 0.322 e. The van der Waals surface area contributed by atoms with Crippen LogP contribution in [-0.2, 0) is 0 Å². The van der Waals surface area contributed by atoms with E-state index in [2.05, 4.69) is 15.6 Å². The van der Waals surface area contributed by atoms with Crippen LogP contribution in [0, 0.1) is 25.3 Å². The monoisotopic (exact) mass is 338 g/mol. The van der Waals surface area contributed by atoms with E-state index in [4.69, 9.17) is 5.26 Å². The van der Waals surface area contributed by atoms with Crippen LogP contribution in [0.2, 0.25) is 0 Å². The third-order valence-electron chi connectivity index (χ3n) is 3.36.